The molecule has 0 radical (unpaired) electrons. The highest BCUT2D eigenvalue weighted by molar-refractivity contribution is 6.03. The Morgan fingerprint density at radius 2 is 1.79 bits per heavy atom. The van der Waals surface area contributed by atoms with Gasteiger partial charge in [0.1, 0.15) is 5.75 Å². The van der Waals surface area contributed by atoms with Crippen LogP contribution in [-0.2, 0) is 0 Å². The summed E-state index contributed by atoms with van der Waals surface area (Å²) in [6.07, 6.45) is 1.62. The number of hydrazone groups is 1. The van der Waals surface area contributed by atoms with Gasteiger partial charge in [-0.15, -0.1) is 0 Å². The average Bonchev–Trinajstić information content (AvgIpc) is 2.62. The van der Waals surface area contributed by atoms with E-state index < -0.39 is 0 Å². The van der Waals surface area contributed by atoms with Crippen LogP contribution in [0.15, 0.2) is 65.8 Å². The quantitative estimate of drug-likeness (QED) is 0.585. The van der Waals surface area contributed by atoms with Gasteiger partial charge in [-0.3, -0.25) is 4.79 Å². The third-order valence-corrected chi connectivity index (χ3v) is 3.82. The fourth-order valence-electron chi connectivity index (χ4n) is 2.51. The molecule has 0 fully saturated rings. The number of fused-ring (bicyclic) bond motifs is 1. The number of carbonyl (C=O) groups is 1. The number of rotatable bonds is 4. The second-order valence-electron chi connectivity index (χ2n) is 5.47. The molecule has 1 N–H and O–H groups in total. The van der Waals surface area contributed by atoms with Gasteiger partial charge in [0.05, 0.1) is 13.3 Å². The van der Waals surface area contributed by atoms with Crippen LogP contribution in [0.25, 0.3) is 10.8 Å². The summed E-state index contributed by atoms with van der Waals surface area (Å²) in [6.45, 7) is 1.98. The van der Waals surface area contributed by atoms with Crippen molar-refractivity contribution in [1.82, 2.24) is 5.43 Å². The highest BCUT2D eigenvalue weighted by Gasteiger charge is 2.07. The minimum atomic E-state index is -0.245. The maximum Gasteiger partial charge on any atom is 0.271 e. The summed E-state index contributed by atoms with van der Waals surface area (Å²) in [6, 6.07) is 19.2. The Morgan fingerprint density at radius 1 is 1.04 bits per heavy atom. The fraction of sp³-hybridized carbons (Fsp3) is 0.100. The van der Waals surface area contributed by atoms with Gasteiger partial charge in [0.25, 0.3) is 5.91 Å². The molecule has 0 aliphatic carbocycles. The van der Waals surface area contributed by atoms with E-state index in [2.05, 4.69) is 10.5 Å². The summed E-state index contributed by atoms with van der Waals surface area (Å²) in [7, 11) is 1.62. The third-order valence-electron chi connectivity index (χ3n) is 3.82. The summed E-state index contributed by atoms with van der Waals surface area (Å²) in [5.74, 6) is 0.465. The molecule has 0 atom stereocenters. The number of amides is 1. The first-order valence-corrected chi connectivity index (χ1v) is 7.65. The molecule has 0 aliphatic heterocycles. The number of hydrogen-bond acceptors (Lipinski definition) is 3. The molecule has 3 aromatic carbocycles. The van der Waals surface area contributed by atoms with Gasteiger partial charge in [0.2, 0.25) is 0 Å². The molecule has 0 saturated carbocycles. The molecule has 4 nitrogen and oxygen atoms in total. The molecule has 24 heavy (non-hydrogen) atoms. The summed E-state index contributed by atoms with van der Waals surface area (Å²) < 4.78 is 5.40. The highest BCUT2D eigenvalue weighted by atomic mass is 16.5. The van der Waals surface area contributed by atoms with Crippen molar-refractivity contribution in [2.45, 2.75) is 6.92 Å². The van der Waals surface area contributed by atoms with Crippen LogP contribution in [0.4, 0.5) is 0 Å². The molecular weight excluding hydrogens is 300 g/mol. The van der Waals surface area contributed by atoms with Crippen molar-refractivity contribution in [2.75, 3.05) is 7.11 Å². The van der Waals surface area contributed by atoms with Crippen LogP contribution >= 0.6 is 0 Å². The number of aryl methyl sites for hydroxylation is 1. The maximum absolute atomic E-state index is 12.1. The largest absolute Gasteiger partial charge is 0.496 e. The molecule has 0 spiro atoms. The average molecular weight is 318 g/mol. The molecule has 1 amide bonds. The molecule has 3 rings (SSSR count). The van der Waals surface area contributed by atoms with Crippen molar-refractivity contribution >= 4 is 22.9 Å². The van der Waals surface area contributed by atoms with Crippen LogP contribution in [0, 0.1) is 6.92 Å². The van der Waals surface area contributed by atoms with E-state index in [1.807, 2.05) is 55.5 Å². The van der Waals surface area contributed by atoms with E-state index in [9.17, 15) is 4.79 Å². The molecule has 0 aliphatic rings. The Labute approximate surface area is 140 Å². The zero-order valence-electron chi connectivity index (χ0n) is 13.6. The van der Waals surface area contributed by atoms with Gasteiger partial charge in [-0.25, -0.2) is 5.43 Å². The van der Waals surface area contributed by atoms with Crippen molar-refractivity contribution < 1.29 is 9.53 Å². The molecule has 0 unspecified atom stereocenters. The summed E-state index contributed by atoms with van der Waals surface area (Å²) in [5.41, 5.74) is 5.07. The molecule has 4 heteroatoms. The Bertz CT molecular complexity index is 899. The number of carbonyl (C=O) groups excluding carboxylic acids is 1. The standard InChI is InChI=1S/C20H18N2O2/c1-14-7-9-16(10-8-14)20(23)22-21-13-18-17-6-4-3-5-15(17)11-12-19(18)24-2/h3-13H,1-2H3,(H,22,23). The molecular formula is C20H18N2O2. The predicted octanol–water partition coefficient (Wildman–Crippen LogP) is 3.92. The summed E-state index contributed by atoms with van der Waals surface area (Å²) >= 11 is 0. The van der Waals surface area contributed by atoms with Crippen LogP contribution in [-0.4, -0.2) is 19.2 Å². The van der Waals surface area contributed by atoms with E-state index in [-0.39, 0.29) is 5.91 Å². The first-order chi connectivity index (χ1) is 11.7. The van der Waals surface area contributed by atoms with Crippen molar-refractivity contribution in [1.29, 1.82) is 0 Å². The van der Waals surface area contributed by atoms with Gasteiger partial charge in [-0.1, -0.05) is 48.0 Å². The van der Waals surface area contributed by atoms with Gasteiger partial charge in [0, 0.05) is 11.1 Å². The lowest BCUT2D eigenvalue weighted by Gasteiger charge is -2.08. The smallest absolute Gasteiger partial charge is 0.271 e. The van der Waals surface area contributed by atoms with Crippen LogP contribution in [0.5, 0.6) is 5.75 Å². The lowest BCUT2D eigenvalue weighted by Crippen LogP contribution is -2.17. The first kappa shape index (κ1) is 15.7. The Balaban J connectivity index is 1.85. The number of nitrogens with one attached hydrogen (secondary N) is 1. The molecule has 3 aromatic rings. The number of hydrogen-bond donors (Lipinski definition) is 1. The Hall–Kier alpha value is -3.14. The van der Waals surface area contributed by atoms with Crippen molar-refractivity contribution in [2.24, 2.45) is 5.10 Å². The first-order valence-electron chi connectivity index (χ1n) is 7.65. The van der Waals surface area contributed by atoms with E-state index in [4.69, 9.17) is 4.74 Å². The molecule has 0 bridgehead atoms. The van der Waals surface area contributed by atoms with E-state index in [1.54, 1.807) is 25.5 Å². The normalized spacial score (nSPS) is 10.9. The van der Waals surface area contributed by atoms with Gasteiger partial charge in [-0.05, 0) is 35.9 Å². The zero-order valence-corrected chi connectivity index (χ0v) is 13.6. The zero-order chi connectivity index (χ0) is 16.9. The highest BCUT2D eigenvalue weighted by Crippen LogP contribution is 2.26. The Morgan fingerprint density at radius 3 is 2.54 bits per heavy atom. The number of ether oxygens (including phenoxy) is 1. The summed E-state index contributed by atoms with van der Waals surface area (Å²) in [5, 5.41) is 6.20. The minimum Gasteiger partial charge on any atom is -0.496 e. The van der Waals surface area contributed by atoms with Crippen LogP contribution < -0.4 is 10.2 Å². The van der Waals surface area contributed by atoms with E-state index in [0.717, 1.165) is 21.9 Å². The monoisotopic (exact) mass is 318 g/mol. The lowest BCUT2D eigenvalue weighted by molar-refractivity contribution is 0.0955. The SMILES string of the molecule is COc1ccc2ccccc2c1C=NNC(=O)c1ccc(C)cc1. The van der Waals surface area contributed by atoms with Gasteiger partial charge < -0.3 is 4.74 Å². The van der Waals surface area contributed by atoms with Crippen molar-refractivity contribution in [3.63, 3.8) is 0 Å². The Kier molecular flexibility index (Phi) is 4.57. The number of benzene rings is 3. The van der Waals surface area contributed by atoms with E-state index >= 15 is 0 Å². The van der Waals surface area contributed by atoms with E-state index in [1.165, 1.54) is 0 Å². The molecule has 0 aromatic heterocycles. The van der Waals surface area contributed by atoms with E-state index in [0.29, 0.717) is 11.3 Å². The lowest BCUT2D eigenvalue weighted by atomic mass is 10.0. The second kappa shape index (κ2) is 6.96. The van der Waals surface area contributed by atoms with Crippen molar-refractivity contribution in [3.05, 3.63) is 77.4 Å². The number of nitrogens with zero attached hydrogens (tertiary/aromatic N) is 1. The van der Waals surface area contributed by atoms with Crippen LogP contribution in [0.1, 0.15) is 21.5 Å². The molecule has 0 heterocycles. The minimum absolute atomic E-state index is 0.245. The van der Waals surface area contributed by atoms with Crippen molar-refractivity contribution in [3.8, 4) is 5.75 Å². The number of methoxy groups -OCH3 is 1. The molecule has 0 saturated heterocycles. The fourth-order valence-corrected chi connectivity index (χ4v) is 2.51. The van der Waals surface area contributed by atoms with Gasteiger partial charge >= 0.3 is 0 Å². The van der Waals surface area contributed by atoms with Gasteiger partial charge in [-0.2, -0.15) is 5.10 Å². The predicted molar refractivity (Wildman–Crippen MR) is 96.7 cm³/mol. The van der Waals surface area contributed by atoms with Crippen LogP contribution in [0.2, 0.25) is 0 Å². The topological polar surface area (TPSA) is 50.7 Å². The van der Waals surface area contributed by atoms with Gasteiger partial charge in [0.15, 0.2) is 0 Å². The maximum atomic E-state index is 12.1. The third kappa shape index (κ3) is 3.27. The summed E-state index contributed by atoms with van der Waals surface area (Å²) in [4.78, 5) is 12.1. The molecule has 120 valence electrons. The second-order valence-corrected chi connectivity index (χ2v) is 5.47. The van der Waals surface area contributed by atoms with Crippen LogP contribution in [0.3, 0.4) is 0 Å².